The van der Waals surface area contributed by atoms with Crippen LogP contribution in [0.15, 0.2) is 36.4 Å². The van der Waals surface area contributed by atoms with E-state index in [0.29, 0.717) is 5.56 Å². The van der Waals surface area contributed by atoms with E-state index >= 15 is 0 Å². The molecule has 2 rings (SSSR count). The summed E-state index contributed by atoms with van der Waals surface area (Å²) in [5.41, 5.74) is 6.85. The summed E-state index contributed by atoms with van der Waals surface area (Å²) in [5, 5.41) is 8.85. The first-order chi connectivity index (χ1) is 9.02. The van der Waals surface area contributed by atoms with Crippen molar-refractivity contribution < 1.29 is 0 Å². The van der Waals surface area contributed by atoms with E-state index in [0.717, 1.165) is 0 Å². The van der Waals surface area contributed by atoms with Gasteiger partial charge in [0.1, 0.15) is 0 Å². The summed E-state index contributed by atoms with van der Waals surface area (Å²) in [6, 6.07) is 14.3. The molecule has 2 aromatic carbocycles. The van der Waals surface area contributed by atoms with Gasteiger partial charge in [-0.3, -0.25) is 0 Å². The largest absolute Gasteiger partial charge is 0.378 e. The first-order valence-electron chi connectivity index (χ1n) is 6.32. The molecule has 0 aliphatic rings. The van der Waals surface area contributed by atoms with Crippen molar-refractivity contribution >= 4 is 5.69 Å². The number of hydrogen-bond donors (Lipinski definition) is 0. The fraction of sp³-hybridized carbons (Fsp3) is 0.235. The minimum atomic E-state index is 0.698. The topological polar surface area (TPSA) is 27.0 Å². The molecule has 0 radical (unpaired) electrons. The molecule has 2 nitrogen and oxygen atoms in total. The Morgan fingerprint density at radius 2 is 1.47 bits per heavy atom. The molecule has 0 spiro atoms. The second kappa shape index (κ2) is 5.16. The lowest BCUT2D eigenvalue weighted by atomic mass is 9.94. The number of nitriles is 1. The molecule has 0 aliphatic heterocycles. The number of nitrogens with zero attached hydrogens (tertiary/aromatic N) is 2. The van der Waals surface area contributed by atoms with Crippen molar-refractivity contribution in [3.63, 3.8) is 0 Å². The number of hydrogen-bond acceptors (Lipinski definition) is 2. The summed E-state index contributed by atoms with van der Waals surface area (Å²) >= 11 is 0. The minimum Gasteiger partial charge on any atom is -0.378 e. The van der Waals surface area contributed by atoms with E-state index < -0.39 is 0 Å². The van der Waals surface area contributed by atoms with Gasteiger partial charge in [0.2, 0.25) is 0 Å². The van der Waals surface area contributed by atoms with Crippen molar-refractivity contribution in [2.75, 3.05) is 19.0 Å². The predicted molar refractivity (Wildman–Crippen MR) is 80.4 cm³/mol. The molecule has 0 amide bonds. The predicted octanol–water partition coefficient (Wildman–Crippen LogP) is 3.91. The standard InChI is InChI=1S/C17H18N2/c1-12-9-16(19(3)4)10-13(2)17(12)15-7-5-14(11-18)6-8-15/h5-10H,1-4H3. The van der Waals surface area contributed by atoms with Gasteiger partial charge in [0, 0.05) is 19.8 Å². The Morgan fingerprint density at radius 1 is 0.947 bits per heavy atom. The van der Waals surface area contributed by atoms with E-state index in [1.165, 1.54) is 27.9 Å². The van der Waals surface area contributed by atoms with Gasteiger partial charge < -0.3 is 4.90 Å². The first-order valence-corrected chi connectivity index (χ1v) is 6.32. The third kappa shape index (κ3) is 2.61. The summed E-state index contributed by atoms with van der Waals surface area (Å²) in [6.45, 7) is 4.26. The zero-order valence-corrected chi connectivity index (χ0v) is 11.9. The lowest BCUT2D eigenvalue weighted by Gasteiger charge is -2.18. The van der Waals surface area contributed by atoms with Gasteiger partial charge in [-0.15, -0.1) is 0 Å². The lowest BCUT2D eigenvalue weighted by Crippen LogP contribution is -2.09. The molecule has 0 unspecified atom stereocenters. The third-order valence-electron chi connectivity index (χ3n) is 3.34. The van der Waals surface area contributed by atoms with E-state index in [1.807, 2.05) is 24.3 Å². The molecular weight excluding hydrogens is 232 g/mol. The Balaban J connectivity index is 2.53. The highest BCUT2D eigenvalue weighted by molar-refractivity contribution is 5.74. The summed E-state index contributed by atoms with van der Waals surface area (Å²) in [7, 11) is 4.10. The van der Waals surface area contributed by atoms with Crippen molar-refractivity contribution in [1.82, 2.24) is 0 Å². The van der Waals surface area contributed by atoms with Crippen LogP contribution in [-0.2, 0) is 0 Å². The average Bonchev–Trinajstić information content (AvgIpc) is 2.38. The van der Waals surface area contributed by atoms with E-state index in [1.54, 1.807) is 0 Å². The van der Waals surface area contributed by atoms with Crippen LogP contribution in [0.5, 0.6) is 0 Å². The maximum Gasteiger partial charge on any atom is 0.0991 e. The van der Waals surface area contributed by atoms with Crippen molar-refractivity contribution in [2.45, 2.75) is 13.8 Å². The highest BCUT2D eigenvalue weighted by Gasteiger charge is 2.08. The molecule has 0 fully saturated rings. The summed E-state index contributed by atoms with van der Waals surface area (Å²) in [6.07, 6.45) is 0. The maximum atomic E-state index is 8.85. The fourth-order valence-electron chi connectivity index (χ4n) is 2.37. The second-order valence-corrected chi connectivity index (χ2v) is 5.04. The van der Waals surface area contributed by atoms with Crippen molar-refractivity contribution in [3.05, 3.63) is 53.1 Å². The average molecular weight is 250 g/mol. The third-order valence-corrected chi connectivity index (χ3v) is 3.34. The number of benzene rings is 2. The molecule has 0 N–H and O–H groups in total. The molecule has 0 aliphatic carbocycles. The highest BCUT2D eigenvalue weighted by atomic mass is 15.1. The molecule has 0 saturated carbocycles. The Hall–Kier alpha value is -2.27. The molecule has 0 heterocycles. The van der Waals surface area contributed by atoms with Crippen LogP contribution < -0.4 is 4.90 Å². The summed E-state index contributed by atoms with van der Waals surface area (Å²) < 4.78 is 0. The lowest BCUT2D eigenvalue weighted by molar-refractivity contribution is 1.12. The van der Waals surface area contributed by atoms with Crippen LogP contribution in [0.1, 0.15) is 16.7 Å². The molecular formula is C17H18N2. The van der Waals surface area contributed by atoms with E-state index in [-0.39, 0.29) is 0 Å². The van der Waals surface area contributed by atoms with Gasteiger partial charge in [-0.05, 0) is 60.4 Å². The molecule has 2 aromatic rings. The highest BCUT2D eigenvalue weighted by Crippen LogP contribution is 2.30. The van der Waals surface area contributed by atoms with Crippen molar-refractivity contribution in [2.24, 2.45) is 0 Å². The van der Waals surface area contributed by atoms with Crippen LogP contribution in [0.3, 0.4) is 0 Å². The minimum absolute atomic E-state index is 0.698. The van der Waals surface area contributed by atoms with Gasteiger partial charge in [-0.25, -0.2) is 0 Å². The van der Waals surface area contributed by atoms with Crippen LogP contribution >= 0.6 is 0 Å². The zero-order valence-electron chi connectivity index (χ0n) is 11.9. The number of anilines is 1. The van der Waals surface area contributed by atoms with Crippen LogP contribution in [0.25, 0.3) is 11.1 Å². The van der Waals surface area contributed by atoms with Crippen molar-refractivity contribution in [1.29, 1.82) is 5.26 Å². The van der Waals surface area contributed by atoms with Crippen molar-refractivity contribution in [3.8, 4) is 17.2 Å². The molecule has 0 atom stereocenters. The normalized spacial score (nSPS) is 10.1. The van der Waals surface area contributed by atoms with Gasteiger partial charge in [-0.2, -0.15) is 5.26 Å². The molecule has 0 bridgehead atoms. The van der Waals surface area contributed by atoms with Gasteiger partial charge in [0.05, 0.1) is 11.6 Å². The second-order valence-electron chi connectivity index (χ2n) is 5.04. The monoisotopic (exact) mass is 250 g/mol. The van der Waals surface area contributed by atoms with Gasteiger partial charge >= 0.3 is 0 Å². The fourth-order valence-corrected chi connectivity index (χ4v) is 2.37. The molecule has 2 heteroatoms. The Bertz CT molecular complexity index is 608. The first kappa shape index (κ1) is 13.2. The SMILES string of the molecule is Cc1cc(N(C)C)cc(C)c1-c1ccc(C#N)cc1. The molecule has 0 aromatic heterocycles. The maximum absolute atomic E-state index is 8.85. The van der Waals surface area contributed by atoms with Gasteiger partial charge in [0.15, 0.2) is 0 Å². The smallest absolute Gasteiger partial charge is 0.0991 e. The Labute approximate surface area is 114 Å². The zero-order chi connectivity index (χ0) is 14.0. The molecule has 19 heavy (non-hydrogen) atoms. The van der Waals surface area contributed by atoms with Crippen LogP contribution in [-0.4, -0.2) is 14.1 Å². The molecule has 96 valence electrons. The van der Waals surface area contributed by atoms with E-state index in [9.17, 15) is 0 Å². The van der Waals surface area contributed by atoms with E-state index in [2.05, 4.69) is 51.0 Å². The number of rotatable bonds is 2. The quantitative estimate of drug-likeness (QED) is 0.808. The van der Waals surface area contributed by atoms with Gasteiger partial charge in [0.25, 0.3) is 0 Å². The van der Waals surface area contributed by atoms with Crippen LogP contribution in [0.2, 0.25) is 0 Å². The van der Waals surface area contributed by atoms with E-state index in [4.69, 9.17) is 5.26 Å². The van der Waals surface area contributed by atoms with Crippen LogP contribution in [0, 0.1) is 25.2 Å². The Kier molecular flexibility index (Phi) is 3.57. The summed E-state index contributed by atoms with van der Waals surface area (Å²) in [5.74, 6) is 0. The van der Waals surface area contributed by atoms with Crippen LogP contribution in [0.4, 0.5) is 5.69 Å². The summed E-state index contributed by atoms with van der Waals surface area (Å²) in [4.78, 5) is 2.11. The molecule has 0 saturated heterocycles. The van der Waals surface area contributed by atoms with Gasteiger partial charge in [-0.1, -0.05) is 12.1 Å². The Morgan fingerprint density at radius 3 is 1.89 bits per heavy atom. The number of aryl methyl sites for hydroxylation is 2.